The molecule has 2 nitrogen and oxygen atoms in total. The van der Waals surface area contributed by atoms with Crippen molar-refractivity contribution >= 4 is 5.78 Å². The highest BCUT2D eigenvalue weighted by Crippen LogP contribution is 2.19. The molecule has 0 saturated carbocycles. The molecule has 1 aromatic carbocycles. The fourth-order valence-corrected chi connectivity index (χ4v) is 1.32. The van der Waals surface area contributed by atoms with Crippen molar-refractivity contribution in [2.45, 2.75) is 32.8 Å². The zero-order valence-electron chi connectivity index (χ0n) is 8.87. The lowest BCUT2D eigenvalue weighted by molar-refractivity contribution is -0.116. The third kappa shape index (κ3) is 2.96. The van der Waals surface area contributed by atoms with Gasteiger partial charge in [0.2, 0.25) is 0 Å². The number of hydrogen-bond donors (Lipinski definition) is 1. The number of hydrogen-bond acceptors (Lipinski definition) is 2. The number of Topliss-reactive ketones (excluding diaryl/α,β-unsaturated/α-hetero) is 1. The Morgan fingerprint density at radius 2 is 1.79 bits per heavy atom. The normalized spacial score (nSPS) is 11.4. The molecule has 0 saturated heterocycles. The van der Waals surface area contributed by atoms with E-state index in [2.05, 4.69) is 0 Å². The molecule has 0 aliphatic rings. The summed E-state index contributed by atoms with van der Waals surface area (Å²) in [5.74, 6) is 0.154. The molecule has 76 valence electrons. The Bertz CT molecular complexity index is 317. The van der Waals surface area contributed by atoms with Gasteiger partial charge in [-0.05, 0) is 31.9 Å². The molecule has 0 unspecified atom stereocenters. The maximum atomic E-state index is 10.8. The molecule has 0 aromatic heterocycles. The zero-order valence-corrected chi connectivity index (χ0v) is 8.87. The Morgan fingerprint density at radius 1 is 1.29 bits per heavy atom. The van der Waals surface area contributed by atoms with Gasteiger partial charge in [0.05, 0.1) is 5.60 Å². The number of carbonyl (C=O) groups excluding carboxylic acids is 1. The lowest BCUT2D eigenvalue weighted by Crippen LogP contribution is -2.15. The third-order valence-corrected chi connectivity index (χ3v) is 2.11. The molecule has 0 fully saturated rings. The standard InChI is InChI=1S/C12H16O2/c1-9(13)8-10-4-6-11(7-5-10)12(2,3)14/h4-7,14H,8H2,1-3H3. The smallest absolute Gasteiger partial charge is 0.134 e. The summed E-state index contributed by atoms with van der Waals surface area (Å²) in [4.78, 5) is 10.8. The topological polar surface area (TPSA) is 37.3 Å². The lowest BCUT2D eigenvalue weighted by Gasteiger charge is -2.17. The van der Waals surface area contributed by atoms with Gasteiger partial charge >= 0.3 is 0 Å². The van der Waals surface area contributed by atoms with Crippen LogP contribution in [0, 0.1) is 0 Å². The summed E-state index contributed by atoms with van der Waals surface area (Å²) >= 11 is 0. The highest BCUT2D eigenvalue weighted by molar-refractivity contribution is 5.78. The van der Waals surface area contributed by atoms with Gasteiger partial charge in [-0.3, -0.25) is 4.79 Å². The Kier molecular flexibility index (Phi) is 3.06. The molecule has 0 atom stereocenters. The summed E-state index contributed by atoms with van der Waals surface area (Å²) < 4.78 is 0. The summed E-state index contributed by atoms with van der Waals surface area (Å²) in [7, 11) is 0. The predicted octanol–water partition coefficient (Wildman–Crippen LogP) is 2.05. The van der Waals surface area contributed by atoms with Crippen LogP contribution in [-0.2, 0) is 16.8 Å². The SMILES string of the molecule is CC(=O)Cc1ccc(C(C)(C)O)cc1. The first-order valence-electron chi connectivity index (χ1n) is 4.71. The van der Waals surface area contributed by atoms with Gasteiger partial charge in [0.1, 0.15) is 5.78 Å². The second kappa shape index (κ2) is 3.93. The Labute approximate surface area is 84.6 Å². The number of carbonyl (C=O) groups is 1. The first-order chi connectivity index (χ1) is 6.39. The second-order valence-corrected chi connectivity index (χ2v) is 4.13. The van der Waals surface area contributed by atoms with Gasteiger partial charge in [-0.25, -0.2) is 0 Å². The fourth-order valence-electron chi connectivity index (χ4n) is 1.32. The van der Waals surface area contributed by atoms with Gasteiger partial charge in [0.25, 0.3) is 0 Å². The van der Waals surface area contributed by atoms with Crippen LogP contribution in [0.2, 0.25) is 0 Å². The maximum Gasteiger partial charge on any atom is 0.134 e. The molecule has 0 heterocycles. The van der Waals surface area contributed by atoms with Gasteiger partial charge in [-0.15, -0.1) is 0 Å². The number of aliphatic hydroxyl groups is 1. The molecule has 0 aliphatic heterocycles. The molecule has 2 heteroatoms. The largest absolute Gasteiger partial charge is 0.386 e. The molecule has 0 aliphatic carbocycles. The van der Waals surface area contributed by atoms with Crippen molar-refractivity contribution in [2.24, 2.45) is 0 Å². The van der Waals surface area contributed by atoms with E-state index in [9.17, 15) is 9.90 Å². The molecule has 0 amide bonds. The van der Waals surface area contributed by atoms with Crippen LogP contribution in [0.15, 0.2) is 24.3 Å². The lowest BCUT2D eigenvalue weighted by atomic mass is 9.96. The van der Waals surface area contributed by atoms with Crippen LogP contribution in [0.1, 0.15) is 31.9 Å². The predicted molar refractivity (Wildman–Crippen MR) is 56.1 cm³/mol. The highest BCUT2D eigenvalue weighted by Gasteiger charge is 2.14. The summed E-state index contributed by atoms with van der Waals surface area (Å²) in [5, 5.41) is 9.69. The van der Waals surface area contributed by atoms with Crippen molar-refractivity contribution < 1.29 is 9.90 Å². The minimum atomic E-state index is -0.811. The number of rotatable bonds is 3. The van der Waals surface area contributed by atoms with Crippen molar-refractivity contribution in [3.05, 3.63) is 35.4 Å². The molecule has 1 aromatic rings. The van der Waals surface area contributed by atoms with Crippen molar-refractivity contribution in [1.82, 2.24) is 0 Å². The Balaban J connectivity index is 2.84. The summed E-state index contributed by atoms with van der Waals surface area (Å²) in [6.45, 7) is 5.06. The van der Waals surface area contributed by atoms with E-state index in [-0.39, 0.29) is 5.78 Å². The van der Waals surface area contributed by atoms with Crippen molar-refractivity contribution in [3.8, 4) is 0 Å². The van der Waals surface area contributed by atoms with Crippen LogP contribution in [0.25, 0.3) is 0 Å². The monoisotopic (exact) mass is 192 g/mol. The summed E-state index contributed by atoms with van der Waals surface area (Å²) in [6, 6.07) is 7.49. The molecule has 1 N–H and O–H groups in total. The van der Waals surface area contributed by atoms with E-state index < -0.39 is 5.60 Å². The van der Waals surface area contributed by atoms with Crippen LogP contribution in [0.3, 0.4) is 0 Å². The maximum absolute atomic E-state index is 10.8. The second-order valence-electron chi connectivity index (χ2n) is 4.13. The molecular formula is C12H16O2. The summed E-state index contributed by atoms with van der Waals surface area (Å²) in [5.41, 5.74) is 1.05. The average molecular weight is 192 g/mol. The van der Waals surface area contributed by atoms with Crippen molar-refractivity contribution in [2.75, 3.05) is 0 Å². The van der Waals surface area contributed by atoms with E-state index >= 15 is 0 Å². The average Bonchev–Trinajstić information content (AvgIpc) is 2.02. The quantitative estimate of drug-likeness (QED) is 0.795. The molecule has 0 bridgehead atoms. The molecular weight excluding hydrogens is 176 g/mol. The number of ketones is 1. The van der Waals surface area contributed by atoms with Gasteiger partial charge in [-0.1, -0.05) is 24.3 Å². The van der Waals surface area contributed by atoms with E-state index in [4.69, 9.17) is 0 Å². The van der Waals surface area contributed by atoms with E-state index in [1.165, 1.54) is 0 Å². The van der Waals surface area contributed by atoms with Crippen LogP contribution in [0.5, 0.6) is 0 Å². The van der Waals surface area contributed by atoms with E-state index in [0.717, 1.165) is 11.1 Å². The van der Waals surface area contributed by atoms with Gasteiger partial charge in [0, 0.05) is 6.42 Å². The van der Waals surface area contributed by atoms with Gasteiger partial charge in [0.15, 0.2) is 0 Å². The first-order valence-corrected chi connectivity index (χ1v) is 4.71. The zero-order chi connectivity index (χ0) is 10.8. The third-order valence-electron chi connectivity index (χ3n) is 2.11. The van der Waals surface area contributed by atoms with Crippen LogP contribution in [0.4, 0.5) is 0 Å². The molecule has 0 radical (unpaired) electrons. The minimum absolute atomic E-state index is 0.154. The van der Waals surface area contributed by atoms with Crippen LogP contribution < -0.4 is 0 Å². The molecule has 1 rings (SSSR count). The first kappa shape index (κ1) is 10.9. The Morgan fingerprint density at radius 3 is 2.14 bits per heavy atom. The van der Waals surface area contributed by atoms with Crippen molar-refractivity contribution in [3.63, 3.8) is 0 Å². The van der Waals surface area contributed by atoms with Crippen LogP contribution >= 0.6 is 0 Å². The number of benzene rings is 1. The van der Waals surface area contributed by atoms with Gasteiger partial charge in [-0.2, -0.15) is 0 Å². The van der Waals surface area contributed by atoms with E-state index in [0.29, 0.717) is 6.42 Å². The van der Waals surface area contributed by atoms with Crippen LogP contribution in [-0.4, -0.2) is 10.9 Å². The summed E-state index contributed by atoms with van der Waals surface area (Å²) in [6.07, 6.45) is 0.464. The Hall–Kier alpha value is -1.15. The highest BCUT2D eigenvalue weighted by atomic mass is 16.3. The van der Waals surface area contributed by atoms with Gasteiger partial charge < -0.3 is 5.11 Å². The van der Waals surface area contributed by atoms with E-state index in [1.54, 1.807) is 20.8 Å². The molecule has 0 spiro atoms. The molecule has 14 heavy (non-hydrogen) atoms. The van der Waals surface area contributed by atoms with E-state index in [1.807, 2.05) is 24.3 Å². The van der Waals surface area contributed by atoms with Crippen molar-refractivity contribution in [1.29, 1.82) is 0 Å². The minimum Gasteiger partial charge on any atom is -0.386 e. The fraction of sp³-hybridized carbons (Fsp3) is 0.417.